The van der Waals surface area contributed by atoms with Gasteiger partial charge in [0, 0.05) is 640 Å². The minimum Gasteiger partial charge on any atom is -0.253 e. The first-order valence-electron chi connectivity index (χ1n) is 30.8. The normalized spacial score (nSPS) is 9.93. The van der Waals surface area contributed by atoms with Crippen LogP contribution >= 0.6 is 7.56 Å². The van der Waals surface area contributed by atoms with Crippen LogP contribution in [-0.2, 0) is 0 Å². The molecule has 0 aliphatic heterocycles. The van der Waals surface area contributed by atoms with Crippen LogP contribution in [0.2, 0.25) is 0 Å². The zero-order chi connectivity index (χ0) is 74.6. The lowest BCUT2D eigenvalue weighted by Crippen LogP contribution is -2.93. The molecule has 0 N–H and O–H groups in total. The molecule has 0 saturated carbocycles. The molecule has 0 amide bonds. The van der Waals surface area contributed by atoms with Crippen molar-refractivity contribution in [3.05, 3.63) is 0 Å². The van der Waals surface area contributed by atoms with Crippen LogP contribution in [0, 0.1) is 0 Å². The summed E-state index contributed by atoms with van der Waals surface area (Å²) < 4.78 is 0. The largest absolute Gasteiger partial charge is 0.253 e. The van der Waals surface area contributed by atoms with Crippen molar-refractivity contribution in [2.45, 2.75) is 0 Å². The quantitative estimate of drug-likeness (QED) is 0.0421. The van der Waals surface area contributed by atoms with Gasteiger partial charge in [-0.3, -0.25) is 7.56 Å². The maximum atomic E-state index is 7.05. The molecule has 0 aromatic carbocycles. The van der Waals surface area contributed by atoms with Crippen LogP contribution in [0.1, 0.15) is 0 Å². The van der Waals surface area contributed by atoms with Crippen LogP contribution < -0.4 is 0 Å². The molecule has 0 heterocycles. The monoisotopic (exact) mass is 1050 g/mol. The fourth-order valence-electron chi connectivity index (χ4n) is 16.1. The van der Waals surface area contributed by atoms with Crippen molar-refractivity contribution in [1.29, 1.82) is 0 Å². The summed E-state index contributed by atoms with van der Waals surface area (Å²) in [5, 5.41) is 0. The van der Waals surface area contributed by atoms with Crippen LogP contribution in [0.3, 0.4) is 0 Å². The smallest absolute Gasteiger partial charge is 0.0527 e. The van der Waals surface area contributed by atoms with E-state index in [0.29, 0.717) is 0 Å². The number of hydrogen-bond acceptors (Lipinski definition) is 0. The Morgan fingerprint density at radius 1 is 0.0851 bits per heavy atom. The van der Waals surface area contributed by atoms with E-state index < -0.39 is 294 Å². The first-order chi connectivity index (χ1) is 42.7. The van der Waals surface area contributed by atoms with E-state index in [1.54, 1.807) is 0 Å². The third-order valence-corrected chi connectivity index (χ3v) is 23.5. The molecular weight excluding hydrogens is 1040 g/mol. The van der Waals surface area contributed by atoms with Gasteiger partial charge in [-0.1, -0.05) is 0 Å². The van der Waals surface area contributed by atoms with Gasteiger partial charge in [0.25, 0.3) is 0 Å². The molecule has 0 atom stereocenters. The van der Waals surface area contributed by atoms with Gasteiger partial charge in [0.15, 0.2) is 0 Å². The summed E-state index contributed by atoms with van der Waals surface area (Å²) in [7, 11) is 335. The minimum absolute atomic E-state index is 1.75. The van der Waals surface area contributed by atoms with Crippen molar-refractivity contribution >= 4 is 666 Å². The summed E-state index contributed by atoms with van der Waals surface area (Å²) in [5.41, 5.74) is 0. The molecule has 0 rings (SSSR count). The van der Waals surface area contributed by atoms with Crippen molar-refractivity contribution in [2.24, 2.45) is 0 Å². The van der Waals surface area contributed by atoms with Gasteiger partial charge >= 0.3 is 0 Å². The number of hydrogen-bond donors (Lipinski definition) is 0. The van der Waals surface area contributed by atoms with Crippen LogP contribution in [0.5, 0.6) is 0 Å². The Labute approximate surface area is 659 Å². The van der Waals surface area contributed by atoms with Crippen LogP contribution in [0.15, 0.2) is 0 Å². The van der Waals surface area contributed by atoms with E-state index in [0.717, 1.165) is 0 Å². The first-order valence-corrected chi connectivity index (χ1v) is 32.3. The summed E-state index contributed by atoms with van der Waals surface area (Å²) in [4.78, 5) is 0. The predicted octanol–water partition coefficient (Wildman–Crippen LogP) is -34.6. The summed E-state index contributed by atoms with van der Waals surface area (Å²) in [6.07, 6.45) is -81.9. The van der Waals surface area contributed by atoms with Crippen molar-refractivity contribution in [2.75, 3.05) is 0 Å². The molecule has 0 saturated heterocycles. The topological polar surface area (TPSA) is 0 Å². The van der Waals surface area contributed by atoms with Gasteiger partial charge in [-0.05, 0) is 0 Å². The van der Waals surface area contributed by atoms with Crippen LogP contribution in [0.25, 0.3) is 0 Å². The van der Waals surface area contributed by atoms with E-state index >= 15 is 0 Å². The van der Waals surface area contributed by atoms with Crippen molar-refractivity contribution in [3.8, 4) is 0 Å². The SMILES string of the molecule is [B]B([B])B(B([B])[B])B(B(B([B])[B])B([B])[B])B(B(B(B([B])[B])B([B])[B])B(B([B])[B])B([B])[B])P(B(B(B(B([B])[B])B([B])[B])B(B([B])[B])B([B])[B])B(B(B([B])[B])B([B])[B])B(B([B])[B])B([B])[B])B(B(B(B([B])[B])B([B])[B])B(B([B])[B])B([B])[B])B(B(B([B])[B])B([B])[B])B(B([B])[B])B([B])[B]. The highest BCUT2D eigenvalue weighted by Gasteiger charge is 2.67. The minimum atomic E-state index is -3.64. The van der Waals surface area contributed by atoms with E-state index in [1.807, 2.05) is 0 Å². The van der Waals surface area contributed by atoms with Gasteiger partial charge in [-0.2, -0.15) is 0 Å². The van der Waals surface area contributed by atoms with Crippen LogP contribution in [0.4, 0.5) is 0 Å². The van der Waals surface area contributed by atoms with Gasteiger partial charge in [-0.15, -0.1) is 0 Å². The maximum absolute atomic E-state index is 7.05. The molecule has 0 bridgehead atoms. The molecule has 0 aliphatic carbocycles. The second-order valence-corrected chi connectivity index (χ2v) is 28.9. The highest BCUT2D eigenvalue weighted by molar-refractivity contribution is 8.64. The predicted molar refractivity (Wildman–Crippen MR) is 542 cm³/mol. The average molecular weight is 1040 g/mol. The fourth-order valence-corrected chi connectivity index (χ4v) is 22.0. The van der Waals surface area contributed by atoms with Crippen molar-refractivity contribution < 1.29 is 0 Å². The van der Waals surface area contributed by atoms with Crippen molar-refractivity contribution in [3.63, 3.8) is 0 Å². The van der Waals surface area contributed by atoms with Gasteiger partial charge in [0.05, 0.1) is 18.6 Å². The van der Waals surface area contributed by atoms with E-state index in [9.17, 15) is 0 Å². The van der Waals surface area contributed by atoms with E-state index in [2.05, 4.69) is 0 Å². The molecule has 0 aromatic rings. The Kier molecular flexibility index (Phi) is 49.4. The molecule has 94 heteroatoms. The average Bonchev–Trinajstić information content (AvgIpc) is 3.33. The molecule has 0 unspecified atom stereocenters. The second-order valence-electron chi connectivity index (χ2n) is 26.2. The van der Waals surface area contributed by atoms with Gasteiger partial charge in [0.2, 0.25) is 0 Å². The Hall–Kier alpha value is 6.47. The van der Waals surface area contributed by atoms with E-state index in [1.165, 1.54) is 0 Å². The summed E-state index contributed by atoms with van der Waals surface area (Å²) in [6, 6.07) is 0. The van der Waals surface area contributed by atoms with Gasteiger partial charge < -0.3 is 0 Å². The molecule has 96 radical (unpaired) electrons. The molecule has 94 heavy (non-hydrogen) atoms. The third-order valence-electron chi connectivity index (χ3n) is 19.4. The van der Waals surface area contributed by atoms with E-state index in [4.69, 9.17) is 371 Å². The van der Waals surface area contributed by atoms with Gasteiger partial charge in [0.1, 0.15) is 0 Å². The Balaban J connectivity index is 14.2. The lowest BCUT2D eigenvalue weighted by molar-refractivity contribution is 3.20. The Morgan fingerprint density at radius 2 is 0.138 bits per heavy atom. The highest BCUT2D eigenvalue weighted by Crippen LogP contribution is 2.53. The summed E-state index contributed by atoms with van der Waals surface area (Å²) in [5.74, 6) is 0. The molecule has 0 nitrogen and oxygen atoms in total. The summed E-state index contributed by atoms with van der Waals surface area (Å²) >= 11 is 0. The first kappa shape index (κ1) is 100. The standard InChI is InChI=1S/B93P/c1-49(2)73(50(3)4)85(74(51(5)6)52(7)8)91(86(75(53(9)10)54(11)12)76(55(13)14)56(15)16)94(92(87(77(57(17)18)58(19)20)78(59(21)22)60(23)24)88(79(61(25)26)62(27)28)80(63(29)30)64(31)32)93(89(81(65(33)34)66(35)36)82(67(37)38)68(39)40)90(83(69(41)42)70(43)44)84(71(45)46)72(47)48. The lowest BCUT2D eigenvalue weighted by Gasteiger charge is -2.64. The summed E-state index contributed by atoms with van der Waals surface area (Å²) in [6.45, 7) is 0. The van der Waals surface area contributed by atoms with E-state index in [-0.39, 0.29) is 0 Å². The van der Waals surface area contributed by atoms with Gasteiger partial charge in [-0.25, -0.2) is 0 Å². The molecule has 0 aromatic heterocycles. The second kappa shape index (κ2) is 46.2. The zero-order valence-corrected chi connectivity index (χ0v) is 55.0. The molecule has 0 spiro atoms. The van der Waals surface area contributed by atoms with Crippen molar-refractivity contribution in [1.82, 2.24) is 0 Å². The Morgan fingerprint density at radius 3 is 0.181 bits per heavy atom. The molecule has 284 valence electrons. The molecule has 0 aliphatic rings. The molecule has 0 fully saturated rings. The lowest BCUT2D eigenvalue weighted by atomic mass is 8.35. The fraction of sp³-hybridized carbons (Fsp3) is 0. The molecular formula is B93P. The Bertz CT molecular complexity index is 1360. The zero-order valence-electron chi connectivity index (χ0n) is 54.1. The maximum Gasteiger partial charge on any atom is 0.0527 e. The van der Waals surface area contributed by atoms with Crippen LogP contribution in [-0.4, -0.2) is 658 Å². The number of rotatable bonds is 45. The third kappa shape index (κ3) is 26.9. The highest BCUT2D eigenvalue weighted by atomic mass is 31.1.